The Hall–Kier alpha value is -2.33. The third-order valence-electron chi connectivity index (χ3n) is 3.87. The van der Waals surface area contributed by atoms with Gasteiger partial charge in [0.2, 0.25) is 10.0 Å². The fraction of sp³-hybridized carbons (Fsp3) is 0.250. The maximum atomic E-state index is 12.6. The molecule has 0 unspecified atom stereocenters. The van der Waals surface area contributed by atoms with E-state index in [-0.39, 0.29) is 22.0 Å². The van der Waals surface area contributed by atoms with Crippen molar-refractivity contribution < 1.29 is 13.2 Å². The third-order valence-corrected chi connectivity index (χ3v) is 6.24. The third kappa shape index (κ3) is 5.33. The van der Waals surface area contributed by atoms with Gasteiger partial charge in [-0.15, -0.1) is 0 Å². The van der Waals surface area contributed by atoms with Crippen LogP contribution in [0.1, 0.15) is 29.8 Å². The van der Waals surface area contributed by atoms with Crippen LogP contribution in [0.15, 0.2) is 53.4 Å². The second-order valence-corrected chi connectivity index (χ2v) is 7.93. The number of nitrogens with zero attached hydrogens (tertiary/aromatic N) is 1. The minimum Gasteiger partial charge on any atom is -0.341 e. The number of benzene rings is 2. The Kier molecular flexibility index (Phi) is 7.43. The van der Waals surface area contributed by atoms with Crippen molar-refractivity contribution in [3.63, 3.8) is 0 Å². The molecule has 2 aromatic carbocycles. The minimum atomic E-state index is -3.67. The number of hydrogen-bond donors (Lipinski definition) is 1. The molecule has 0 aliphatic carbocycles. The zero-order chi connectivity index (χ0) is 19.9. The molecule has 0 atom stereocenters. The van der Waals surface area contributed by atoms with Gasteiger partial charge in [0.05, 0.1) is 22.0 Å². The normalized spacial score (nSPS) is 11.0. The number of rotatable bonds is 6. The predicted octanol–water partition coefficient (Wildman–Crippen LogP) is 3.15. The Morgan fingerprint density at radius 1 is 1.11 bits per heavy atom. The van der Waals surface area contributed by atoms with Crippen molar-refractivity contribution in [2.75, 3.05) is 19.6 Å². The molecule has 2 aromatic rings. The Morgan fingerprint density at radius 2 is 1.78 bits per heavy atom. The Balaban J connectivity index is 2.16. The smallest absolute Gasteiger partial charge is 0.253 e. The van der Waals surface area contributed by atoms with E-state index in [9.17, 15) is 13.2 Å². The van der Waals surface area contributed by atoms with E-state index in [4.69, 9.17) is 11.6 Å². The molecule has 7 heteroatoms. The molecule has 0 heterocycles. The molecule has 0 aromatic heterocycles. The van der Waals surface area contributed by atoms with Crippen molar-refractivity contribution in [2.24, 2.45) is 0 Å². The largest absolute Gasteiger partial charge is 0.341 e. The monoisotopic (exact) mass is 404 g/mol. The van der Waals surface area contributed by atoms with E-state index in [0.29, 0.717) is 13.1 Å². The summed E-state index contributed by atoms with van der Waals surface area (Å²) in [6, 6.07) is 13.5. The van der Waals surface area contributed by atoms with Crippen molar-refractivity contribution >= 4 is 27.5 Å². The molecule has 0 saturated carbocycles. The average Bonchev–Trinajstić information content (AvgIpc) is 2.67. The Morgan fingerprint density at radius 3 is 2.41 bits per heavy atom. The van der Waals surface area contributed by atoms with Crippen molar-refractivity contribution in [3.05, 3.63) is 64.7 Å². The quantitative estimate of drug-likeness (QED) is 0.752. The summed E-state index contributed by atoms with van der Waals surface area (Å²) in [7, 11) is -3.67. The topological polar surface area (TPSA) is 66.5 Å². The van der Waals surface area contributed by atoms with Crippen LogP contribution < -0.4 is 5.32 Å². The van der Waals surface area contributed by atoms with Gasteiger partial charge < -0.3 is 5.32 Å². The summed E-state index contributed by atoms with van der Waals surface area (Å²) in [6.07, 6.45) is 0. The van der Waals surface area contributed by atoms with Gasteiger partial charge in [0.1, 0.15) is 0 Å². The van der Waals surface area contributed by atoms with Crippen molar-refractivity contribution in [2.45, 2.75) is 18.7 Å². The number of carbonyl (C=O) groups is 1. The molecule has 0 spiro atoms. The summed E-state index contributed by atoms with van der Waals surface area (Å²) in [4.78, 5) is 12.4. The molecule has 27 heavy (non-hydrogen) atoms. The summed E-state index contributed by atoms with van der Waals surface area (Å²) in [5, 5.41) is 2.82. The molecule has 2 rings (SSSR count). The average molecular weight is 405 g/mol. The summed E-state index contributed by atoms with van der Waals surface area (Å²) in [6.45, 7) is 4.33. The van der Waals surface area contributed by atoms with Gasteiger partial charge in [-0.2, -0.15) is 4.31 Å². The second kappa shape index (κ2) is 9.56. The van der Waals surface area contributed by atoms with E-state index in [1.165, 1.54) is 22.5 Å². The lowest BCUT2D eigenvalue weighted by atomic mass is 10.2. The molecule has 0 bridgehead atoms. The lowest BCUT2D eigenvalue weighted by Crippen LogP contribution is -2.31. The first-order valence-corrected chi connectivity index (χ1v) is 10.3. The molecule has 0 aliphatic heterocycles. The van der Waals surface area contributed by atoms with Crippen LogP contribution in [0.4, 0.5) is 0 Å². The first kappa shape index (κ1) is 21.0. The molecule has 0 fully saturated rings. The van der Waals surface area contributed by atoms with Crippen LogP contribution in [0.2, 0.25) is 5.02 Å². The van der Waals surface area contributed by atoms with Crippen molar-refractivity contribution in [1.29, 1.82) is 0 Å². The highest BCUT2D eigenvalue weighted by atomic mass is 35.5. The predicted molar refractivity (Wildman–Crippen MR) is 107 cm³/mol. The first-order valence-electron chi connectivity index (χ1n) is 8.52. The molecule has 0 radical (unpaired) electrons. The van der Waals surface area contributed by atoms with Gasteiger partial charge >= 0.3 is 0 Å². The van der Waals surface area contributed by atoms with E-state index >= 15 is 0 Å². The molecular weight excluding hydrogens is 384 g/mol. The summed E-state index contributed by atoms with van der Waals surface area (Å²) in [5.41, 5.74) is 0.948. The number of sulfonamides is 1. The molecule has 1 N–H and O–H groups in total. The fourth-order valence-electron chi connectivity index (χ4n) is 2.44. The Labute approximate surface area is 165 Å². The Bertz CT molecular complexity index is 960. The maximum absolute atomic E-state index is 12.6. The standard InChI is InChI=1S/C20H21ClN2O3S/c1-3-23(4-2)27(25,26)17-12-13-19(21)18(15-17)20(24)22-14-8-11-16-9-6-5-7-10-16/h5-7,9-10,12-13,15H,3-4,14H2,1-2H3,(H,22,24). The highest BCUT2D eigenvalue weighted by Crippen LogP contribution is 2.23. The van der Waals surface area contributed by atoms with Crippen LogP contribution in [0.25, 0.3) is 0 Å². The van der Waals surface area contributed by atoms with Crippen LogP contribution in [0.5, 0.6) is 0 Å². The van der Waals surface area contributed by atoms with Crippen molar-refractivity contribution in [3.8, 4) is 11.8 Å². The van der Waals surface area contributed by atoms with Crippen LogP contribution in [0.3, 0.4) is 0 Å². The molecular formula is C20H21ClN2O3S. The lowest BCUT2D eigenvalue weighted by Gasteiger charge is -2.19. The number of hydrogen-bond acceptors (Lipinski definition) is 3. The SMILES string of the molecule is CCN(CC)S(=O)(=O)c1ccc(Cl)c(C(=O)NCC#Cc2ccccc2)c1. The molecule has 5 nitrogen and oxygen atoms in total. The number of halogens is 1. The molecule has 0 aliphatic rings. The van der Waals surface area contributed by atoms with Gasteiger partial charge in [-0.05, 0) is 30.3 Å². The van der Waals surface area contributed by atoms with Gasteiger partial charge in [0.25, 0.3) is 5.91 Å². The van der Waals surface area contributed by atoms with Crippen molar-refractivity contribution in [1.82, 2.24) is 9.62 Å². The lowest BCUT2D eigenvalue weighted by molar-refractivity contribution is 0.0958. The molecule has 1 amide bonds. The van der Waals surface area contributed by atoms with E-state index in [1.54, 1.807) is 13.8 Å². The fourth-order valence-corrected chi connectivity index (χ4v) is 4.13. The van der Waals surface area contributed by atoms with Gasteiger partial charge in [-0.1, -0.05) is 55.5 Å². The highest BCUT2D eigenvalue weighted by Gasteiger charge is 2.23. The van der Waals surface area contributed by atoms with Crippen LogP contribution in [-0.4, -0.2) is 38.3 Å². The summed E-state index contributed by atoms with van der Waals surface area (Å²) < 4.78 is 26.6. The van der Waals surface area contributed by atoms with E-state index in [1.807, 2.05) is 30.3 Å². The maximum Gasteiger partial charge on any atom is 0.253 e. The van der Waals surface area contributed by atoms with Gasteiger partial charge in [-0.3, -0.25) is 4.79 Å². The first-order chi connectivity index (χ1) is 12.9. The molecule has 0 saturated heterocycles. The van der Waals surface area contributed by atoms with Crippen LogP contribution >= 0.6 is 11.6 Å². The van der Waals surface area contributed by atoms with E-state index in [0.717, 1.165) is 5.56 Å². The van der Waals surface area contributed by atoms with Crippen LogP contribution in [-0.2, 0) is 10.0 Å². The minimum absolute atomic E-state index is 0.0381. The number of nitrogens with one attached hydrogen (secondary N) is 1. The summed E-state index contributed by atoms with van der Waals surface area (Å²) in [5.74, 6) is 5.31. The second-order valence-electron chi connectivity index (χ2n) is 5.58. The number of amides is 1. The molecule has 142 valence electrons. The van der Waals surface area contributed by atoms with E-state index in [2.05, 4.69) is 17.2 Å². The zero-order valence-corrected chi connectivity index (χ0v) is 16.8. The van der Waals surface area contributed by atoms with Gasteiger partial charge in [0.15, 0.2) is 0 Å². The zero-order valence-electron chi connectivity index (χ0n) is 15.2. The van der Waals surface area contributed by atoms with Gasteiger partial charge in [0, 0.05) is 18.7 Å². The van der Waals surface area contributed by atoms with E-state index < -0.39 is 15.9 Å². The highest BCUT2D eigenvalue weighted by molar-refractivity contribution is 7.89. The number of carbonyl (C=O) groups excluding carboxylic acids is 1. The van der Waals surface area contributed by atoms with Crippen LogP contribution in [0, 0.1) is 11.8 Å². The van der Waals surface area contributed by atoms with Gasteiger partial charge in [-0.25, -0.2) is 8.42 Å². The summed E-state index contributed by atoms with van der Waals surface area (Å²) >= 11 is 6.09.